The summed E-state index contributed by atoms with van der Waals surface area (Å²) in [6.45, 7) is 2.61. The van der Waals surface area contributed by atoms with Crippen molar-refractivity contribution in [1.82, 2.24) is 10.2 Å². The molecule has 106 valence electrons. The topological polar surface area (TPSA) is 69.6 Å². The fourth-order valence-electron chi connectivity index (χ4n) is 3.83. The zero-order chi connectivity index (χ0) is 13.5. The molecule has 2 saturated heterocycles. The van der Waals surface area contributed by atoms with Crippen LogP contribution in [0.1, 0.15) is 38.5 Å². The molecule has 2 atom stereocenters. The minimum atomic E-state index is -0.840. The van der Waals surface area contributed by atoms with Crippen LogP contribution in [0, 0.1) is 11.3 Å². The van der Waals surface area contributed by atoms with Gasteiger partial charge in [-0.05, 0) is 57.0 Å². The molecule has 1 amide bonds. The molecule has 2 N–H and O–H groups in total. The second-order valence-electron chi connectivity index (χ2n) is 6.25. The Balaban J connectivity index is 1.68. The lowest BCUT2D eigenvalue weighted by molar-refractivity contribution is -0.153. The predicted octanol–water partition coefficient (Wildman–Crippen LogP) is 0.842. The van der Waals surface area contributed by atoms with Crippen LogP contribution in [-0.4, -0.2) is 47.6 Å². The van der Waals surface area contributed by atoms with E-state index in [1.807, 2.05) is 0 Å². The van der Waals surface area contributed by atoms with Gasteiger partial charge in [0, 0.05) is 12.5 Å². The molecule has 5 nitrogen and oxygen atoms in total. The van der Waals surface area contributed by atoms with Crippen molar-refractivity contribution in [2.75, 3.05) is 19.6 Å². The van der Waals surface area contributed by atoms with Gasteiger partial charge in [-0.2, -0.15) is 0 Å². The molecule has 3 rings (SSSR count). The van der Waals surface area contributed by atoms with Crippen molar-refractivity contribution in [1.29, 1.82) is 0 Å². The molecule has 0 radical (unpaired) electrons. The number of rotatable bonds is 2. The van der Waals surface area contributed by atoms with Crippen LogP contribution in [0.4, 0.5) is 0 Å². The number of likely N-dealkylation sites (tertiary alicyclic amines) is 1. The number of aliphatic carboxylic acids is 1. The molecule has 0 aromatic carbocycles. The Labute approximate surface area is 113 Å². The third-order valence-corrected chi connectivity index (χ3v) is 5.16. The first-order valence-corrected chi connectivity index (χ1v) is 7.38. The standard InChI is InChI=1S/C14H22N2O3/c17-12(10-9-14(10)4-6-15-7-5-14)16-8-2-1-3-11(16)13(18)19/h10-11,15H,1-9H2,(H,18,19). The van der Waals surface area contributed by atoms with Crippen molar-refractivity contribution in [3.8, 4) is 0 Å². The summed E-state index contributed by atoms with van der Waals surface area (Å²) in [6.07, 6.45) is 5.57. The van der Waals surface area contributed by atoms with E-state index in [-0.39, 0.29) is 17.2 Å². The van der Waals surface area contributed by atoms with E-state index in [4.69, 9.17) is 0 Å². The lowest BCUT2D eigenvalue weighted by atomic mass is 9.91. The highest BCUT2D eigenvalue weighted by atomic mass is 16.4. The number of nitrogens with zero attached hydrogens (tertiary/aromatic N) is 1. The van der Waals surface area contributed by atoms with Crippen LogP contribution in [-0.2, 0) is 9.59 Å². The van der Waals surface area contributed by atoms with Crippen LogP contribution in [0.5, 0.6) is 0 Å². The van der Waals surface area contributed by atoms with Crippen molar-refractivity contribution < 1.29 is 14.7 Å². The molecule has 1 saturated carbocycles. The van der Waals surface area contributed by atoms with E-state index in [2.05, 4.69) is 5.32 Å². The van der Waals surface area contributed by atoms with E-state index < -0.39 is 12.0 Å². The lowest BCUT2D eigenvalue weighted by Gasteiger charge is -2.34. The fourth-order valence-corrected chi connectivity index (χ4v) is 3.83. The second kappa shape index (κ2) is 4.78. The van der Waals surface area contributed by atoms with Crippen molar-refractivity contribution in [2.24, 2.45) is 11.3 Å². The first-order chi connectivity index (χ1) is 9.14. The minimum absolute atomic E-state index is 0.0922. The molecule has 1 aliphatic carbocycles. The number of carbonyl (C=O) groups excluding carboxylic acids is 1. The van der Waals surface area contributed by atoms with Crippen LogP contribution < -0.4 is 5.32 Å². The third-order valence-electron chi connectivity index (χ3n) is 5.16. The smallest absolute Gasteiger partial charge is 0.326 e. The summed E-state index contributed by atoms with van der Waals surface area (Å²) >= 11 is 0. The van der Waals surface area contributed by atoms with E-state index in [0.29, 0.717) is 13.0 Å². The molecule has 2 aliphatic heterocycles. The van der Waals surface area contributed by atoms with Gasteiger partial charge < -0.3 is 15.3 Å². The number of nitrogens with one attached hydrogen (secondary N) is 1. The zero-order valence-electron chi connectivity index (χ0n) is 11.2. The van der Waals surface area contributed by atoms with Crippen LogP contribution >= 0.6 is 0 Å². The summed E-state index contributed by atoms with van der Waals surface area (Å²) in [5, 5.41) is 12.6. The summed E-state index contributed by atoms with van der Waals surface area (Å²) in [6, 6.07) is -0.583. The number of amides is 1. The zero-order valence-corrected chi connectivity index (χ0v) is 11.2. The summed E-state index contributed by atoms with van der Waals surface area (Å²) in [7, 11) is 0. The number of hydrogen-bond donors (Lipinski definition) is 2. The molecule has 3 aliphatic rings. The molecule has 19 heavy (non-hydrogen) atoms. The van der Waals surface area contributed by atoms with Crippen molar-refractivity contribution in [3.05, 3.63) is 0 Å². The van der Waals surface area contributed by atoms with Gasteiger partial charge in [-0.25, -0.2) is 4.79 Å². The summed E-state index contributed by atoms with van der Waals surface area (Å²) in [5.41, 5.74) is 0.197. The summed E-state index contributed by atoms with van der Waals surface area (Å²) in [4.78, 5) is 25.5. The van der Waals surface area contributed by atoms with E-state index in [0.717, 1.165) is 45.2 Å². The molecule has 2 heterocycles. The number of hydrogen-bond acceptors (Lipinski definition) is 3. The minimum Gasteiger partial charge on any atom is -0.480 e. The predicted molar refractivity (Wildman–Crippen MR) is 69.6 cm³/mol. The van der Waals surface area contributed by atoms with Gasteiger partial charge in [-0.1, -0.05) is 0 Å². The van der Waals surface area contributed by atoms with Crippen LogP contribution in [0.2, 0.25) is 0 Å². The highest BCUT2D eigenvalue weighted by Gasteiger charge is 2.59. The van der Waals surface area contributed by atoms with Crippen molar-refractivity contribution in [2.45, 2.75) is 44.6 Å². The molecule has 1 spiro atoms. The highest BCUT2D eigenvalue weighted by molar-refractivity contribution is 5.87. The van der Waals surface area contributed by atoms with Crippen molar-refractivity contribution >= 4 is 11.9 Å². The number of carboxylic acids is 1. The maximum absolute atomic E-state index is 12.6. The number of carboxylic acid groups (broad SMARTS) is 1. The first-order valence-electron chi connectivity index (χ1n) is 7.38. The van der Waals surface area contributed by atoms with Gasteiger partial charge in [0.15, 0.2) is 0 Å². The molecule has 2 unspecified atom stereocenters. The van der Waals surface area contributed by atoms with Gasteiger partial charge >= 0.3 is 5.97 Å². The Hall–Kier alpha value is -1.10. The Morgan fingerprint density at radius 2 is 1.95 bits per heavy atom. The average molecular weight is 266 g/mol. The molecule has 3 fully saturated rings. The van der Waals surface area contributed by atoms with E-state index >= 15 is 0 Å². The van der Waals surface area contributed by atoms with Gasteiger partial charge in [0.2, 0.25) is 5.91 Å². The Kier molecular flexibility index (Phi) is 3.25. The lowest BCUT2D eigenvalue weighted by Crippen LogP contribution is -2.49. The third kappa shape index (κ3) is 2.24. The number of carbonyl (C=O) groups is 2. The van der Waals surface area contributed by atoms with Gasteiger partial charge in [0.25, 0.3) is 0 Å². The maximum atomic E-state index is 12.6. The molecular weight excluding hydrogens is 244 g/mol. The largest absolute Gasteiger partial charge is 0.480 e. The van der Waals surface area contributed by atoms with E-state index in [9.17, 15) is 14.7 Å². The van der Waals surface area contributed by atoms with Crippen LogP contribution in [0.15, 0.2) is 0 Å². The normalized spacial score (nSPS) is 33.2. The maximum Gasteiger partial charge on any atom is 0.326 e. The molecule has 0 aromatic rings. The van der Waals surface area contributed by atoms with Gasteiger partial charge in [0.1, 0.15) is 6.04 Å². The SMILES string of the molecule is O=C(O)C1CCCCN1C(=O)C1CC12CCNCC2. The fraction of sp³-hybridized carbons (Fsp3) is 0.857. The van der Waals surface area contributed by atoms with E-state index in [1.54, 1.807) is 4.90 Å². The van der Waals surface area contributed by atoms with Crippen molar-refractivity contribution in [3.63, 3.8) is 0 Å². The second-order valence-corrected chi connectivity index (χ2v) is 6.25. The molecule has 0 aromatic heterocycles. The van der Waals surface area contributed by atoms with Crippen LogP contribution in [0.3, 0.4) is 0 Å². The first kappa shape index (κ1) is 12.9. The Bertz CT molecular complexity index is 390. The van der Waals surface area contributed by atoms with Gasteiger partial charge in [0.05, 0.1) is 0 Å². The van der Waals surface area contributed by atoms with Gasteiger partial charge in [-0.3, -0.25) is 4.79 Å². The van der Waals surface area contributed by atoms with Crippen LogP contribution in [0.25, 0.3) is 0 Å². The molecular formula is C14H22N2O3. The monoisotopic (exact) mass is 266 g/mol. The quantitative estimate of drug-likeness (QED) is 0.777. The van der Waals surface area contributed by atoms with E-state index in [1.165, 1.54) is 0 Å². The Morgan fingerprint density at radius 1 is 1.21 bits per heavy atom. The summed E-state index contributed by atoms with van der Waals surface area (Å²) < 4.78 is 0. The average Bonchev–Trinajstić information content (AvgIpc) is 3.12. The Morgan fingerprint density at radius 3 is 2.63 bits per heavy atom. The molecule has 5 heteroatoms. The molecule has 0 bridgehead atoms. The van der Waals surface area contributed by atoms with Gasteiger partial charge in [-0.15, -0.1) is 0 Å². The number of piperidine rings is 2. The summed E-state index contributed by atoms with van der Waals surface area (Å²) in [5.74, 6) is -0.642. The highest BCUT2D eigenvalue weighted by Crippen LogP contribution is 2.59.